The number of methoxy groups -OCH3 is 1. The lowest BCUT2D eigenvalue weighted by molar-refractivity contribution is 0.0394. The van der Waals surface area contributed by atoms with E-state index in [1.165, 1.54) is 23.7 Å². The van der Waals surface area contributed by atoms with E-state index in [4.69, 9.17) is 15.5 Å². The van der Waals surface area contributed by atoms with Gasteiger partial charge in [0.2, 0.25) is 0 Å². The Bertz CT molecular complexity index is 1520. The number of piperidine rings is 1. The molecule has 2 aliphatic carbocycles. The van der Waals surface area contributed by atoms with Crippen molar-refractivity contribution in [3.8, 4) is 17.3 Å². The Morgan fingerprint density at radius 1 is 1.22 bits per heavy atom. The Kier molecular flexibility index (Phi) is 4.75. The number of nitrogens with zero attached hydrogens (tertiary/aromatic N) is 4. The van der Waals surface area contributed by atoms with E-state index in [0.29, 0.717) is 35.7 Å². The van der Waals surface area contributed by atoms with Crippen LogP contribution in [-0.4, -0.2) is 61.9 Å². The number of hydrogen-bond donors (Lipinski definition) is 2. The molecular formula is C28H31N5O3. The highest BCUT2D eigenvalue weighted by atomic mass is 16.5. The van der Waals surface area contributed by atoms with Gasteiger partial charge in [-0.2, -0.15) is 0 Å². The van der Waals surface area contributed by atoms with Gasteiger partial charge in [0.1, 0.15) is 11.3 Å². The van der Waals surface area contributed by atoms with Crippen molar-refractivity contribution in [1.82, 2.24) is 19.0 Å². The molecule has 2 saturated carbocycles. The Labute approximate surface area is 209 Å². The average molecular weight is 486 g/mol. The van der Waals surface area contributed by atoms with E-state index in [2.05, 4.69) is 39.5 Å². The van der Waals surface area contributed by atoms with Crippen molar-refractivity contribution in [2.24, 2.45) is 24.6 Å². The van der Waals surface area contributed by atoms with Gasteiger partial charge in [-0.3, -0.25) is 4.79 Å². The first kappa shape index (κ1) is 21.9. The fourth-order valence-electron chi connectivity index (χ4n) is 6.48. The summed E-state index contributed by atoms with van der Waals surface area (Å²) in [5, 5.41) is 11.6. The number of aliphatic hydroxyl groups is 1. The molecule has 7 rings (SSSR count). The Hall–Kier alpha value is -3.36. The Morgan fingerprint density at radius 2 is 2.03 bits per heavy atom. The van der Waals surface area contributed by atoms with Crippen molar-refractivity contribution in [1.29, 1.82) is 0 Å². The first-order valence-corrected chi connectivity index (χ1v) is 12.8. The maximum absolute atomic E-state index is 13.6. The van der Waals surface area contributed by atoms with Crippen LogP contribution in [0.1, 0.15) is 29.6 Å². The van der Waals surface area contributed by atoms with Gasteiger partial charge in [0.25, 0.3) is 5.91 Å². The number of ether oxygens (including phenoxy) is 1. The lowest BCUT2D eigenvalue weighted by atomic mass is 10.1. The maximum atomic E-state index is 13.6. The summed E-state index contributed by atoms with van der Waals surface area (Å²) in [6, 6.07) is 13.8. The van der Waals surface area contributed by atoms with Crippen LogP contribution in [0.15, 0.2) is 42.5 Å². The van der Waals surface area contributed by atoms with Crippen LogP contribution in [-0.2, 0) is 13.6 Å². The van der Waals surface area contributed by atoms with Crippen LogP contribution >= 0.6 is 0 Å². The van der Waals surface area contributed by atoms with Gasteiger partial charge in [0.05, 0.1) is 30.5 Å². The average Bonchev–Trinajstić information content (AvgIpc) is 3.32. The first-order chi connectivity index (χ1) is 17.4. The summed E-state index contributed by atoms with van der Waals surface area (Å²) < 4.78 is 10.2. The smallest absolute Gasteiger partial charge is 0.254 e. The van der Waals surface area contributed by atoms with Gasteiger partial charge in [-0.15, -0.1) is 0 Å². The number of rotatable bonds is 5. The zero-order chi connectivity index (χ0) is 24.7. The molecule has 3 N–H and O–H groups in total. The summed E-state index contributed by atoms with van der Waals surface area (Å²) in [6.45, 7) is 1.56. The first-order valence-electron chi connectivity index (χ1n) is 12.8. The monoisotopic (exact) mass is 485 g/mol. The molecule has 0 unspecified atom stereocenters. The fourth-order valence-corrected chi connectivity index (χ4v) is 6.48. The van der Waals surface area contributed by atoms with Gasteiger partial charge in [0, 0.05) is 42.6 Å². The molecule has 3 fully saturated rings. The predicted octanol–water partition coefficient (Wildman–Crippen LogP) is 3.15. The molecule has 1 amide bonds. The summed E-state index contributed by atoms with van der Waals surface area (Å²) in [5.74, 6) is 2.19. The largest absolute Gasteiger partial charge is 0.494 e. The number of amides is 1. The van der Waals surface area contributed by atoms with Crippen molar-refractivity contribution in [3.63, 3.8) is 0 Å². The van der Waals surface area contributed by atoms with E-state index in [1.807, 2.05) is 13.1 Å². The van der Waals surface area contributed by atoms with Crippen molar-refractivity contribution in [2.45, 2.75) is 44.0 Å². The minimum absolute atomic E-state index is 0.132. The number of aliphatic hydroxyl groups excluding tert-OH is 1. The quantitative estimate of drug-likeness (QED) is 0.453. The molecule has 0 radical (unpaired) electrons. The number of aryl methyl sites for hydroxylation is 1. The fraction of sp³-hybridized carbons (Fsp3) is 0.429. The molecule has 4 atom stereocenters. The number of carbonyl (C=O) groups is 1. The van der Waals surface area contributed by atoms with Crippen LogP contribution < -0.4 is 10.5 Å². The molecule has 36 heavy (non-hydrogen) atoms. The van der Waals surface area contributed by atoms with E-state index in [-0.39, 0.29) is 23.9 Å². The van der Waals surface area contributed by atoms with Crippen molar-refractivity contribution in [2.75, 3.05) is 13.7 Å². The summed E-state index contributed by atoms with van der Waals surface area (Å²) in [6.07, 6.45) is 2.63. The molecule has 0 spiro atoms. The highest BCUT2D eigenvalue weighted by Crippen LogP contribution is 2.40. The number of nitrogens with two attached hydrogens (primary N) is 1. The Morgan fingerprint density at radius 3 is 2.75 bits per heavy atom. The van der Waals surface area contributed by atoms with Gasteiger partial charge < -0.3 is 29.6 Å². The number of likely N-dealkylation sites (tertiary alicyclic amines) is 1. The van der Waals surface area contributed by atoms with Crippen molar-refractivity contribution in [3.05, 3.63) is 48.0 Å². The van der Waals surface area contributed by atoms with Gasteiger partial charge >= 0.3 is 0 Å². The predicted molar refractivity (Wildman–Crippen MR) is 138 cm³/mol. The lowest BCUT2D eigenvalue weighted by Crippen LogP contribution is -2.48. The molecule has 2 aromatic heterocycles. The van der Waals surface area contributed by atoms with E-state index < -0.39 is 6.10 Å². The maximum Gasteiger partial charge on any atom is 0.254 e. The van der Waals surface area contributed by atoms with Gasteiger partial charge in [0.15, 0.2) is 5.82 Å². The molecule has 8 heteroatoms. The highest BCUT2D eigenvalue weighted by Gasteiger charge is 2.52. The molecular weight excluding hydrogens is 454 g/mol. The topological polar surface area (TPSA) is 98.5 Å². The second-order valence-electron chi connectivity index (χ2n) is 10.8. The van der Waals surface area contributed by atoms with Crippen LogP contribution in [0.2, 0.25) is 0 Å². The third kappa shape index (κ3) is 3.14. The normalized spacial score (nSPS) is 25.4. The van der Waals surface area contributed by atoms with Gasteiger partial charge in [-0.05, 0) is 55.4 Å². The zero-order valence-corrected chi connectivity index (χ0v) is 20.6. The minimum Gasteiger partial charge on any atom is -0.494 e. The number of carbonyl (C=O) groups excluding carboxylic acids is 1. The molecule has 2 bridgehead atoms. The van der Waals surface area contributed by atoms with Crippen LogP contribution in [0.4, 0.5) is 0 Å². The molecule has 4 aromatic rings. The molecule has 3 heterocycles. The summed E-state index contributed by atoms with van der Waals surface area (Å²) in [4.78, 5) is 20.3. The molecule has 1 aliphatic heterocycles. The summed E-state index contributed by atoms with van der Waals surface area (Å²) in [7, 11) is 3.62. The molecule has 3 aliphatic rings. The number of imidazole rings is 1. The van der Waals surface area contributed by atoms with Gasteiger partial charge in [-0.1, -0.05) is 18.2 Å². The van der Waals surface area contributed by atoms with Crippen LogP contribution in [0, 0.1) is 11.8 Å². The van der Waals surface area contributed by atoms with E-state index in [0.717, 1.165) is 23.6 Å². The summed E-state index contributed by atoms with van der Waals surface area (Å²) in [5.41, 5.74) is 10.7. The number of hydrogen-bond acceptors (Lipinski definition) is 5. The molecule has 2 aromatic carbocycles. The van der Waals surface area contributed by atoms with E-state index in [9.17, 15) is 9.90 Å². The lowest BCUT2D eigenvalue weighted by Gasteiger charge is -2.30. The number of aromatic nitrogens is 3. The number of para-hydroxylation sites is 1. The SMILES string of the molecule is COc1cc(C(=O)N2C[C@H]3C[C@H](O)[C@@H]2[C@@H]3N)cc2nc(-c3cc4ccccc4n3CC3CC3)n(C)c12. The van der Waals surface area contributed by atoms with Crippen molar-refractivity contribution < 1.29 is 14.6 Å². The second kappa shape index (κ2) is 7.82. The van der Waals surface area contributed by atoms with E-state index >= 15 is 0 Å². The summed E-state index contributed by atoms with van der Waals surface area (Å²) >= 11 is 0. The molecule has 186 valence electrons. The number of benzene rings is 2. The van der Waals surface area contributed by atoms with E-state index in [1.54, 1.807) is 18.1 Å². The minimum atomic E-state index is -0.567. The second-order valence-corrected chi connectivity index (χ2v) is 10.8. The standard InChI is InChI=1S/C28H31N5O3/c1-31-25-19(30-27(31)21-10-16-5-3-4-6-20(16)32(21)13-15-7-8-15)9-17(12-23(25)36-2)28(35)33-14-18-11-22(34)26(33)24(18)29/h3-6,9-10,12,15,18,22,24,26,34H,7-8,11,13-14,29H2,1-2H3/t18-,22+,24-,26-/m1/s1. The van der Waals surface area contributed by atoms with Gasteiger partial charge in [-0.25, -0.2) is 4.98 Å². The third-order valence-corrected chi connectivity index (χ3v) is 8.51. The zero-order valence-electron chi connectivity index (χ0n) is 20.6. The van der Waals surface area contributed by atoms with Crippen molar-refractivity contribution >= 4 is 27.8 Å². The van der Waals surface area contributed by atoms with Crippen LogP contribution in [0.25, 0.3) is 33.5 Å². The third-order valence-electron chi connectivity index (χ3n) is 8.51. The highest BCUT2D eigenvalue weighted by molar-refractivity contribution is 6.00. The number of fused-ring (bicyclic) bond motifs is 4. The van der Waals surface area contributed by atoms with Crippen LogP contribution in [0.5, 0.6) is 5.75 Å². The molecule has 1 saturated heterocycles. The molecule has 8 nitrogen and oxygen atoms in total. The van der Waals surface area contributed by atoms with Crippen LogP contribution in [0.3, 0.4) is 0 Å². The Balaban J connectivity index is 1.34.